The van der Waals surface area contributed by atoms with Gasteiger partial charge < -0.3 is 15.0 Å². The van der Waals surface area contributed by atoms with E-state index < -0.39 is 9.84 Å². The third-order valence-corrected chi connectivity index (χ3v) is 7.09. The van der Waals surface area contributed by atoms with Crippen molar-refractivity contribution in [1.82, 2.24) is 15.0 Å². The van der Waals surface area contributed by atoms with E-state index in [0.717, 1.165) is 12.8 Å². The summed E-state index contributed by atoms with van der Waals surface area (Å²) in [5.74, 6) is 1.18. The first-order chi connectivity index (χ1) is 15.1. The number of nitrogens with one attached hydrogen (secondary N) is 1. The van der Waals surface area contributed by atoms with Crippen molar-refractivity contribution in [2.24, 2.45) is 0 Å². The largest absolute Gasteiger partial charge is 0.378 e. The molecule has 0 spiro atoms. The van der Waals surface area contributed by atoms with Crippen LogP contribution in [0.2, 0.25) is 0 Å². The number of morpholine rings is 1. The van der Waals surface area contributed by atoms with Crippen molar-refractivity contribution in [3.8, 4) is 11.3 Å². The zero-order valence-corrected chi connectivity index (χ0v) is 17.8. The van der Waals surface area contributed by atoms with E-state index in [4.69, 9.17) is 9.72 Å². The van der Waals surface area contributed by atoms with Crippen molar-refractivity contribution in [2.75, 3.05) is 36.5 Å². The monoisotopic (exact) mass is 437 g/mol. The van der Waals surface area contributed by atoms with Crippen LogP contribution in [0.15, 0.2) is 64.6 Å². The molecule has 2 aliphatic rings. The molecule has 8 nitrogen and oxygen atoms in total. The minimum Gasteiger partial charge on any atom is -0.378 e. The number of pyridine rings is 1. The summed E-state index contributed by atoms with van der Waals surface area (Å²) in [5.41, 5.74) is 1.19. The zero-order chi connectivity index (χ0) is 21.3. The van der Waals surface area contributed by atoms with Crippen LogP contribution < -0.4 is 10.2 Å². The van der Waals surface area contributed by atoms with Gasteiger partial charge in [0, 0.05) is 37.1 Å². The lowest BCUT2D eigenvalue weighted by Gasteiger charge is -2.28. The van der Waals surface area contributed by atoms with Gasteiger partial charge in [-0.15, -0.1) is 0 Å². The number of sulfone groups is 1. The lowest BCUT2D eigenvalue weighted by atomic mass is 10.2. The average Bonchev–Trinajstić information content (AvgIpc) is 3.64. The highest BCUT2D eigenvalue weighted by Gasteiger charge is 2.24. The second-order valence-electron chi connectivity index (χ2n) is 7.68. The number of ether oxygens (including phenoxy) is 1. The van der Waals surface area contributed by atoms with Gasteiger partial charge in [0.15, 0.2) is 0 Å². The molecule has 31 heavy (non-hydrogen) atoms. The molecule has 160 valence electrons. The average molecular weight is 438 g/mol. The SMILES string of the molecule is O=S(=O)(c1ccccc1)c1cc(-c2cnc(NC3CC3)nc2)nc(N2CCOCC2)c1. The van der Waals surface area contributed by atoms with Gasteiger partial charge in [-0.25, -0.2) is 23.4 Å². The molecule has 1 aromatic carbocycles. The van der Waals surface area contributed by atoms with Gasteiger partial charge in [-0.2, -0.15) is 0 Å². The van der Waals surface area contributed by atoms with Crippen molar-refractivity contribution < 1.29 is 13.2 Å². The molecule has 0 unspecified atom stereocenters. The van der Waals surface area contributed by atoms with E-state index in [1.807, 2.05) is 4.90 Å². The smallest absolute Gasteiger partial charge is 0.222 e. The van der Waals surface area contributed by atoms with E-state index in [2.05, 4.69) is 15.3 Å². The standard InChI is InChI=1S/C22H23N5O3S/c28-31(29,18-4-2-1-3-5-18)19-12-20(26-21(13-19)27-8-10-30-11-9-27)16-14-23-22(24-15-16)25-17-6-7-17/h1-5,12-15,17H,6-11H2,(H,23,24,25). The van der Waals surface area contributed by atoms with Crippen LogP contribution in [0.3, 0.4) is 0 Å². The predicted octanol–water partition coefficient (Wildman–Crippen LogP) is 2.78. The molecule has 2 fully saturated rings. The molecule has 9 heteroatoms. The fourth-order valence-corrected chi connectivity index (χ4v) is 4.74. The molecule has 1 aliphatic carbocycles. The van der Waals surface area contributed by atoms with Gasteiger partial charge in [0.25, 0.3) is 0 Å². The van der Waals surface area contributed by atoms with Crippen molar-refractivity contribution in [3.05, 3.63) is 54.9 Å². The second-order valence-corrected chi connectivity index (χ2v) is 9.63. The topological polar surface area (TPSA) is 97.3 Å². The zero-order valence-electron chi connectivity index (χ0n) is 16.9. The normalized spacial score (nSPS) is 16.8. The summed E-state index contributed by atoms with van der Waals surface area (Å²) in [6.07, 6.45) is 5.63. The van der Waals surface area contributed by atoms with E-state index in [1.54, 1.807) is 54.9 Å². The molecular weight excluding hydrogens is 414 g/mol. The fourth-order valence-electron chi connectivity index (χ4n) is 3.43. The minimum absolute atomic E-state index is 0.199. The van der Waals surface area contributed by atoms with Crippen LogP contribution in [0.1, 0.15) is 12.8 Å². The molecule has 0 radical (unpaired) electrons. The summed E-state index contributed by atoms with van der Waals surface area (Å²) in [6, 6.07) is 12.1. The molecule has 3 aromatic rings. The van der Waals surface area contributed by atoms with Crippen LogP contribution in [-0.2, 0) is 14.6 Å². The molecular formula is C22H23N5O3S. The summed E-state index contributed by atoms with van der Waals surface area (Å²) >= 11 is 0. The molecule has 1 saturated carbocycles. The van der Waals surface area contributed by atoms with Crippen LogP contribution in [0, 0.1) is 0 Å². The number of nitrogens with zero attached hydrogens (tertiary/aromatic N) is 4. The Morgan fingerprint density at radius 1 is 0.968 bits per heavy atom. The Labute approximate surface area is 181 Å². The maximum atomic E-state index is 13.3. The van der Waals surface area contributed by atoms with Gasteiger partial charge in [0.1, 0.15) is 5.82 Å². The summed E-state index contributed by atoms with van der Waals surface area (Å²) in [5, 5.41) is 3.25. The van der Waals surface area contributed by atoms with E-state index in [9.17, 15) is 8.42 Å². The molecule has 2 aromatic heterocycles. The third-order valence-electron chi connectivity index (χ3n) is 5.34. The van der Waals surface area contributed by atoms with Crippen molar-refractivity contribution in [1.29, 1.82) is 0 Å². The van der Waals surface area contributed by atoms with Crippen molar-refractivity contribution in [2.45, 2.75) is 28.7 Å². The molecule has 3 heterocycles. The maximum absolute atomic E-state index is 13.3. The maximum Gasteiger partial charge on any atom is 0.222 e. The van der Waals surface area contributed by atoms with Crippen molar-refractivity contribution >= 4 is 21.6 Å². The Bertz CT molecular complexity index is 1160. The van der Waals surface area contributed by atoms with Gasteiger partial charge in [-0.05, 0) is 37.1 Å². The summed E-state index contributed by atoms with van der Waals surface area (Å²) < 4.78 is 32.1. The molecule has 1 N–H and O–H groups in total. The Balaban J connectivity index is 1.56. The first kappa shape index (κ1) is 19.9. The number of rotatable bonds is 6. The van der Waals surface area contributed by atoms with Gasteiger partial charge in [-0.1, -0.05) is 18.2 Å². The molecule has 0 bridgehead atoms. The fraction of sp³-hybridized carbons (Fsp3) is 0.318. The molecule has 0 amide bonds. The number of hydrogen-bond acceptors (Lipinski definition) is 8. The van der Waals surface area contributed by atoms with E-state index in [1.165, 1.54) is 0 Å². The highest BCUT2D eigenvalue weighted by Crippen LogP contribution is 2.29. The van der Waals surface area contributed by atoms with E-state index >= 15 is 0 Å². The Morgan fingerprint density at radius 2 is 1.68 bits per heavy atom. The van der Waals surface area contributed by atoms with Gasteiger partial charge in [0.2, 0.25) is 15.8 Å². The Hall–Kier alpha value is -3.04. The van der Waals surface area contributed by atoms with Gasteiger partial charge >= 0.3 is 0 Å². The van der Waals surface area contributed by atoms with Gasteiger partial charge in [-0.3, -0.25) is 0 Å². The molecule has 5 rings (SSSR count). The third kappa shape index (κ3) is 4.38. The first-order valence-electron chi connectivity index (χ1n) is 10.3. The summed E-state index contributed by atoms with van der Waals surface area (Å²) in [6.45, 7) is 2.47. The van der Waals surface area contributed by atoms with Crippen LogP contribution >= 0.6 is 0 Å². The van der Waals surface area contributed by atoms with Crippen LogP contribution in [0.25, 0.3) is 11.3 Å². The lowest BCUT2D eigenvalue weighted by molar-refractivity contribution is 0.122. The lowest BCUT2D eigenvalue weighted by Crippen LogP contribution is -2.36. The van der Waals surface area contributed by atoms with Crippen LogP contribution in [0.4, 0.5) is 11.8 Å². The van der Waals surface area contributed by atoms with E-state index in [0.29, 0.717) is 55.4 Å². The summed E-state index contributed by atoms with van der Waals surface area (Å²) in [7, 11) is -3.70. The number of aromatic nitrogens is 3. The second kappa shape index (κ2) is 8.24. The molecule has 1 saturated heterocycles. The highest BCUT2D eigenvalue weighted by atomic mass is 32.2. The van der Waals surface area contributed by atoms with E-state index in [-0.39, 0.29) is 9.79 Å². The summed E-state index contributed by atoms with van der Waals surface area (Å²) in [4.78, 5) is 16.0. The number of hydrogen-bond donors (Lipinski definition) is 1. The van der Waals surface area contributed by atoms with Crippen LogP contribution in [0.5, 0.6) is 0 Å². The Kier molecular flexibility index (Phi) is 5.29. The molecule has 0 atom stereocenters. The quantitative estimate of drug-likeness (QED) is 0.629. The molecule has 1 aliphatic heterocycles. The number of anilines is 2. The van der Waals surface area contributed by atoms with Gasteiger partial charge in [0.05, 0.1) is 28.7 Å². The minimum atomic E-state index is -3.70. The first-order valence-corrected chi connectivity index (χ1v) is 11.8. The predicted molar refractivity (Wildman–Crippen MR) is 117 cm³/mol. The van der Waals surface area contributed by atoms with Crippen LogP contribution in [-0.4, -0.2) is 55.7 Å². The number of benzene rings is 1. The Morgan fingerprint density at radius 3 is 2.35 bits per heavy atom. The highest BCUT2D eigenvalue weighted by molar-refractivity contribution is 7.91. The van der Waals surface area contributed by atoms with Crippen molar-refractivity contribution in [3.63, 3.8) is 0 Å².